The first-order chi connectivity index (χ1) is 26.7. The normalized spacial score (nSPS) is 12.2. The summed E-state index contributed by atoms with van der Waals surface area (Å²) in [6.07, 6.45) is 18.2. The number of hydrogen-bond acceptors (Lipinski definition) is 2. The van der Waals surface area contributed by atoms with Crippen LogP contribution in [0, 0.1) is 0 Å². The number of aryl methyl sites for hydroxylation is 2. The minimum absolute atomic E-state index is 1.04. The van der Waals surface area contributed by atoms with E-state index >= 15 is 0 Å². The van der Waals surface area contributed by atoms with Gasteiger partial charge in [0.15, 0.2) is 0 Å². The van der Waals surface area contributed by atoms with Crippen LogP contribution in [0.4, 0.5) is 0 Å². The monoisotopic (exact) mass is 704 g/mol. The van der Waals surface area contributed by atoms with E-state index in [4.69, 9.17) is 9.97 Å². The average molecular weight is 705 g/mol. The Kier molecular flexibility index (Phi) is 9.85. The zero-order valence-electron chi connectivity index (χ0n) is 32.2. The maximum atomic E-state index is 5.58. The zero-order valence-corrected chi connectivity index (χ0v) is 32.2. The standard InChI is InChI=1S/C52H52N2/c1-3-5-7-9-11-13-19-35-25-29-37(30-26-35)45-33-43-39-21-15-17-23-41(39)48-49(43)51(53-45)47-42-24-18-16-22-40(42)44-34-46(54-52(48)50(44)47)38-31-27-36(28-32-38)20-14-12-10-8-6-4-2/h15-18,21-34H,3-14,19-20H2,1-2H3. The Balaban J connectivity index is 1.15. The van der Waals surface area contributed by atoms with Crippen molar-refractivity contribution in [2.75, 3.05) is 0 Å². The average Bonchev–Trinajstić information content (AvgIpc) is 3.74. The lowest BCUT2D eigenvalue weighted by Gasteiger charge is -2.11. The smallest absolute Gasteiger partial charge is 0.0808 e. The van der Waals surface area contributed by atoms with Crippen molar-refractivity contribution in [3.8, 4) is 22.5 Å². The number of aromatic nitrogens is 2. The molecule has 9 aromatic rings. The molecule has 0 fully saturated rings. The topological polar surface area (TPSA) is 25.8 Å². The molecule has 0 bridgehead atoms. The van der Waals surface area contributed by atoms with Crippen LogP contribution in [-0.2, 0) is 12.8 Å². The summed E-state index contributed by atoms with van der Waals surface area (Å²) in [5.74, 6) is 0. The molecule has 0 amide bonds. The number of unbranched alkanes of at least 4 members (excludes halogenated alkanes) is 10. The molecule has 0 aliphatic rings. The molecule has 2 heteroatoms. The lowest BCUT2D eigenvalue weighted by atomic mass is 9.98. The summed E-state index contributed by atoms with van der Waals surface area (Å²) in [6, 6.07) is 41.0. The molecule has 0 aliphatic carbocycles. The highest BCUT2D eigenvalue weighted by atomic mass is 14.7. The fourth-order valence-electron chi connectivity index (χ4n) is 9.22. The molecule has 0 saturated heterocycles. The molecule has 7 aromatic carbocycles. The van der Waals surface area contributed by atoms with Crippen LogP contribution in [0.1, 0.15) is 102 Å². The van der Waals surface area contributed by atoms with Crippen molar-refractivity contribution in [2.24, 2.45) is 0 Å². The number of nitrogens with zero attached hydrogens (tertiary/aromatic N) is 2. The van der Waals surface area contributed by atoms with Gasteiger partial charge < -0.3 is 0 Å². The predicted molar refractivity (Wildman–Crippen MR) is 234 cm³/mol. The number of fused-ring (bicyclic) bond motifs is 8. The summed E-state index contributed by atoms with van der Waals surface area (Å²) in [6.45, 7) is 4.57. The summed E-state index contributed by atoms with van der Waals surface area (Å²) in [4.78, 5) is 11.2. The largest absolute Gasteiger partial charge is 0.247 e. The van der Waals surface area contributed by atoms with E-state index in [0.717, 1.165) is 35.3 Å². The maximum absolute atomic E-state index is 5.58. The molecule has 0 unspecified atom stereocenters. The van der Waals surface area contributed by atoms with Gasteiger partial charge in [0.25, 0.3) is 0 Å². The SMILES string of the molecule is CCCCCCCCc1ccc(-c2cc3c4ccccc4c4c5nc(-c6ccc(CCCCCCCC)cc6)cc6c7ccccc7c(c(n2)c34)c65)cc1. The van der Waals surface area contributed by atoms with E-state index in [1.165, 1.54) is 153 Å². The van der Waals surface area contributed by atoms with Crippen LogP contribution in [0.2, 0.25) is 0 Å². The molecule has 2 heterocycles. The Hall–Kier alpha value is -5.08. The second-order valence-electron chi connectivity index (χ2n) is 15.8. The van der Waals surface area contributed by atoms with E-state index in [1.54, 1.807) is 0 Å². The van der Waals surface area contributed by atoms with Gasteiger partial charge in [-0.1, -0.05) is 175 Å². The van der Waals surface area contributed by atoms with E-state index in [1.807, 2.05) is 0 Å². The highest BCUT2D eigenvalue weighted by Crippen LogP contribution is 2.50. The van der Waals surface area contributed by atoms with Crippen LogP contribution >= 0.6 is 0 Å². The molecule has 9 rings (SSSR count). The first-order valence-electron chi connectivity index (χ1n) is 21.0. The Labute approximate surface area is 320 Å². The molecule has 0 saturated carbocycles. The van der Waals surface area contributed by atoms with Crippen molar-refractivity contribution in [2.45, 2.75) is 104 Å². The molecule has 270 valence electrons. The van der Waals surface area contributed by atoms with Crippen LogP contribution in [0.3, 0.4) is 0 Å². The highest BCUT2D eigenvalue weighted by molar-refractivity contribution is 6.46. The summed E-state index contributed by atoms with van der Waals surface area (Å²) >= 11 is 0. The Morgan fingerprint density at radius 2 is 0.704 bits per heavy atom. The van der Waals surface area contributed by atoms with E-state index in [0.29, 0.717) is 0 Å². The van der Waals surface area contributed by atoms with Crippen LogP contribution in [0.25, 0.3) is 87.4 Å². The lowest BCUT2D eigenvalue weighted by Crippen LogP contribution is -1.92. The third kappa shape index (κ3) is 6.34. The van der Waals surface area contributed by atoms with Crippen LogP contribution in [0.5, 0.6) is 0 Å². The maximum Gasteiger partial charge on any atom is 0.0808 e. The van der Waals surface area contributed by atoms with Gasteiger partial charge >= 0.3 is 0 Å². The van der Waals surface area contributed by atoms with E-state index in [9.17, 15) is 0 Å². The molecular formula is C52H52N2. The van der Waals surface area contributed by atoms with Crippen molar-refractivity contribution in [3.63, 3.8) is 0 Å². The van der Waals surface area contributed by atoms with Gasteiger partial charge in [-0.2, -0.15) is 0 Å². The Morgan fingerprint density at radius 1 is 0.352 bits per heavy atom. The van der Waals surface area contributed by atoms with Crippen molar-refractivity contribution < 1.29 is 0 Å². The first-order valence-corrected chi connectivity index (χ1v) is 21.0. The second-order valence-corrected chi connectivity index (χ2v) is 15.8. The van der Waals surface area contributed by atoms with E-state index in [2.05, 4.69) is 123 Å². The third-order valence-electron chi connectivity index (χ3n) is 12.1. The predicted octanol–water partition coefficient (Wildman–Crippen LogP) is 15.4. The summed E-state index contributed by atoms with van der Waals surface area (Å²) < 4.78 is 0. The minimum atomic E-state index is 1.04. The first kappa shape index (κ1) is 34.7. The van der Waals surface area contributed by atoms with Gasteiger partial charge in [-0.25, -0.2) is 9.97 Å². The Bertz CT molecular complexity index is 2480. The van der Waals surface area contributed by atoms with Gasteiger partial charge in [-0.05, 0) is 81.3 Å². The van der Waals surface area contributed by atoms with Crippen LogP contribution in [-0.4, -0.2) is 9.97 Å². The molecule has 54 heavy (non-hydrogen) atoms. The number of pyridine rings is 2. The molecule has 0 radical (unpaired) electrons. The lowest BCUT2D eigenvalue weighted by molar-refractivity contribution is 0.607. The van der Waals surface area contributed by atoms with Crippen molar-refractivity contribution >= 4 is 64.9 Å². The summed E-state index contributed by atoms with van der Waals surface area (Å²) in [5.41, 5.74) is 9.47. The number of benzene rings is 5. The minimum Gasteiger partial charge on any atom is -0.247 e. The molecule has 2 nitrogen and oxygen atoms in total. The highest BCUT2D eigenvalue weighted by Gasteiger charge is 2.25. The van der Waals surface area contributed by atoms with Gasteiger partial charge in [0.1, 0.15) is 0 Å². The molecule has 2 aromatic heterocycles. The van der Waals surface area contributed by atoms with Gasteiger partial charge in [-0.3, -0.25) is 0 Å². The third-order valence-corrected chi connectivity index (χ3v) is 12.1. The fraction of sp³-hybridized carbons (Fsp3) is 0.308. The van der Waals surface area contributed by atoms with Gasteiger partial charge in [0.2, 0.25) is 0 Å². The van der Waals surface area contributed by atoms with Gasteiger partial charge in [-0.15, -0.1) is 0 Å². The van der Waals surface area contributed by atoms with Crippen LogP contribution in [0.15, 0.2) is 109 Å². The Morgan fingerprint density at radius 3 is 1.11 bits per heavy atom. The summed E-state index contributed by atoms with van der Waals surface area (Å²) in [5, 5.41) is 12.6. The second kappa shape index (κ2) is 15.3. The molecule has 0 aliphatic heterocycles. The van der Waals surface area contributed by atoms with Gasteiger partial charge in [0.05, 0.1) is 22.4 Å². The van der Waals surface area contributed by atoms with E-state index in [-0.39, 0.29) is 0 Å². The van der Waals surface area contributed by atoms with Gasteiger partial charge in [0, 0.05) is 32.7 Å². The van der Waals surface area contributed by atoms with Crippen molar-refractivity contribution in [3.05, 3.63) is 120 Å². The molecular weight excluding hydrogens is 653 g/mol. The van der Waals surface area contributed by atoms with Crippen LogP contribution < -0.4 is 0 Å². The van der Waals surface area contributed by atoms with Crippen molar-refractivity contribution in [1.82, 2.24) is 9.97 Å². The molecule has 0 spiro atoms. The quantitative estimate of drug-likeness (QED) is 0.0739. The summed E-state index contributed by atoms with van der Waals surface area (Å²) in [7, 11) is 0. The number of hydrogen-bond donors (Lipinski definition) is 0. The van der Waals surface area contributed by atoms with E-state index < -0.39 is 0 Å². The zero-order chi connectivity index (χ0) is 36.4. The van der Waals surface area contributed by atoms with Crippen molar-refractivity contribution in [1.29, 1.82) is 0 Å². The fourth-order valence-corrected chi connectivity index (χ4v) is 9.22. The number of rotatable bonds is 16. The molecule has 0 N–H and O–H groups in total. The molecule has 0 atom stereocenters.